The zero-order valence-electron chi connectivity index (χ0n) is 13.1. The Balaban J connectivity index is 2.49. The fourth-order valence-corrected chi connectivity index (χ4v) is 3.03. The molecule has 1 saturated heterocycles. The summed E-state index contributed by atoms with van der Waals surface area (Å²) in [6.45, 7) is 8.53. The minimum absolute atomic E-state index is 0.0244. The second kappa shape index (κ2) is 8.51. The summed E-state index contributed by atoms with van der Waals surface area (Å²) in [5.41, 5.74) is 4.24. The van der Waals surface area contributed by atoms with Crippen LogP contribution in [0.2, 0.25) is 0 Å². The van der Waals surface area contributed by atoms with E-state index in [2.05, 4.69) is 33.8 Å². The first-order chi connectivity index (χ1) is 9.47. The molecule has 1 rings (SSSR count). The molecule has 1 heterocycles. The molecule has 0 spiro atoms. The zero-order chi connectivity index (χ0) is 15.1. The molecule has 0 saturated carbocycles. The number of ether oxygens (including phenoxy) is 1. The number of carbonyl (C=O) groups is 1. The monoisotopic (exact) mass is 298 g/mol. The van der Waals surface area contributed by atoms with Crippen molar-refractivity contribution in [3.05, 3.63) is 22.8 Å². The van der Waals surface area contributed by atoms with Crippen LogP contribution in [-0.2, 0) is 9.53 Å². The molecule has 0 unspecified atom stereocenters. The van der Waals surface area contributed by atoms with Crippen molar-refractivity contribution in [3.8, 4) is 0 Å². The van der Waals surface area contributed by atoms with Crippen molar-refractivity contribution in [2.45, 2.75) is 65.9 Å². The number of rotatable bonds is 7. The first kappa shape index (κ1) is 17.3. The van der Waals surface area contributed by atoms with Crippen LogP contribution in [0.1, 0.15) is 59.8 Å². The molecule has 114 valence electrons. The van der Waals surface area contributed by atoms with Crippen LogP contribution in [0.4, 0.5) is 0 Å². The molecule has 0 radical (unpaired) electrons. The highest BCUT2D eigenvalue weighted by atomic mass is 35.5. The Morgan fingerprint density at radius 2 is 2.20 bits per heavy atom. The molecule has 1 aliphatic rings. The number of carbonyl (C=O) groups excluding carboxylic acids is 1. The highest BCUT2D eigenvalue weighted by Gasteiger charge is 2.32. The lowest BCUT2D eigenvalue weighted by Crippen LogP contribution is -2.15. The molecule has 1 fully saturated rings. The lowest BCUT2D eigenvalue weighted by atomic mass is 9.93. The lowest BCUT2D eigenvalue weighted by Gasteiger charge is -2.17. The van der Waals surface area contributed by atoms with Gasteiger partial charge in [-0.1, -0.05) is 50.4 Å². The molecular formula is C17H27ClO2. The summed E-state index contributed by atoms with van der Waals surface area (Å²) < 4.78 is 5.38. The SMILES string of the molecule is CCCC(=CCl)CC[C@@H](C)C=C(C)[C@@H]1OC(=O)C[C@H]1C. The van der Waals surface area contributed by atoms with Crippen molar-refractivity contribution < 1.29 is 9.53 Å². The summed E-state index contributed by atoms with van der Waals surface area (Å²) in [4.78, 5) is 11.3. The Kier molecular flexibility index (Phi) is 7.36. The molecule has 20 heavy (non-hydrogen) atoms. The third-order valence-corrected chi connectivity index (χ3v) is 4.21. The number of halogens is 1. The molecule has 0 aromatic carbocycles. The molecule has 2 nitrogen and oxygen atoms in total. The van der Waals surface area contributed by atoms with Gasteiger partial charge in [0.25, 0.3) is 0 Å². The van der Waals surface area contributed by atoms with Gasteiger partial charge >= 0.3 is 5.97 Å². The zero-order valence-corrected chi connectivity index (χ0v) is 13.9. The van der Waals surface area contributed by atoms with Crippen LogP contribution in [0.5, 0.6) is 0 Å². The molecule has 1 aliphatic heterocycles. The predicted octanol–water partition coefficient (Wildman–Crippen LogP) is 5.22. The lowest BCUT2D eigenvalue weighted by molar-refractivity contribution is -0.140. The highest BCUT2D eigenvalue weighted by Crippen LogP contribution is 2.28. The number of allylic oxidation sites excluding steroid dienone is 2. The van der Waals surface area contributed by atoms with Crippen molar-refractivity contribution in [1.29, 1.82) is 0 Å². The van der Waals surface area contributed by atoms with Gasteiger partial charge in [0.15, 0.2) is 0 Å². The Labute approximate surface area is 128 Å². The largest absolute Gasteiger partial charge is 0.458 e. The smallest absolute Gasteiger partial charge is 0.306 e. The maximum atomic E-state index is 11.3. The molecule has 0 aliphatic carbocycles. The van der Waals surface area contributed by atoms with Gasteiger partial charge < -0.3 is 4.74 Å². The fourth-order valence-electron chi connectivity index (χ4n) is 2.81. The minimum atomic E-state index is -0.0711. The molecule has 0 aromatic rings. The predicted molar refractivity (Wildman–Crippen MR) is 84.7 cm³/mol. The van der Waals surface area contributed by atoms with Crippen molar-refractivity contribution in [3.63, 3.8) is 0 Å². The second-order valence-corrected chi connectivity index (χ2v) is 6.25. The van der Waals surface area contributed by atoms with Crippen LogP contribution in [0.3, 0.4) is 0 Å². The molecule has 0 N–H and O–H groups in total. The summed E-state index contributed by atoms with van der Waals surface area (Å²) in [5, 5.41) is 0. The average Bonchev–Trinajstić information content (AvgIpc) is 2.73. The first-order valence-corrected chi connectivity index (χ1v) is 8.07. The van der Waals surface area contributed by atoms with Gasteiger partial charge in [-0.2, -0.15) is 0 Å². The van der Waals surface area contributed by atoms with E-state index in [0.29, 0.717) is 18.3 Å². The summed E-state index contributed by atoms with van der Waals surface area (Å²) in [6.07, 6.45) is 7.11. The van der Waals surface area contributed by atoms with Crippen LogP contribution < -0.4 is 0 Å². The molecule has 3 atom stereocenters. The van der Waals surface area contributed by atoms with Gasteiger partial charge in [0.05, 0.1) is 6.42 Å². The summed E-state index contributed by atoms with van der Waals surface area (Å²) >= 11 is 5.84. The van der Waals surface area contributed by atoms with Gasteiger partial charge in [0.2, 0.25) is 0 Å². The molecule has 0 aromatic heterocycles. The third-order valence-electron chi connectivity index (χ3n) is 3.91. The van der Waals surface area contributed by atoms with Crippen molar-refractivity contribution in [2.24, 2.45) is 11.8 Å². The number of cyclic esters (lactones) is 1. The van der Waals surface area contributed by atoms with Gasteiger partial charge in [-0.05, 0) is 37.7 Å². The molecular weight excluding hydrogens is 272 g/mol. The van der Waals surface area contributed by atoms with E-state index in [-0.39, 0.29) is 12.1 Å². The summed E-state index contributed by atoms with van der Waals surface area (Å²) in [5.74, 6) is 0.701. The number of hydrogen-bond donors (Lipinski definition) is 0. The van der Waals surface area contributed by atoms with E-state index < -0.39 is 0 Å². The Morgan fingerprint density at radius 3 is 2.70 bits per heavy atom. The summed E-state index contributed by atoms with van der Waals surface area (Å²) in [6, 6.07) is 0. The standard InChI is InChI=1S/C17H27ClO2/c1-5-6-15(11-18)8-7-12(2)9-13(3)17-14(4)10-16(19)20-17/h9,11-12,14,17H,5-8,10H2,1-4H3/t12-,14-,17+/m1/s1. The minimum Gasteiger partial charge on any atom is -0.458 e. The first-order valence-electron chi connectivity index (χ1n) is 7.63. The van der Waals surface area contributed by atoms with Crippen LogP contribution in [0.15, 0.2) is 22.8 Å². The van der Waals surface area contributed by atoms with Gasteiger partial charge in [-0.25, -0.2) is 0 Å². The van der Waals surface area contributed by atoms with Gasteiger partial charge in [0, 0.05) is 11.5 Å². The van der Waals surface area contributed by atoms with E-state index in [1.165, 1.54) is 11.1 Å². The van der Waals surface area contributed by atoms with E-state index >= 15 is 0 Å². The van der Waals surface area contributed by atoms with E-state index in [1.54, 1.807) is 5.54 Å². The Morgan fingerprint density at radius 1 is 1.50 bits per heavy atom. The van der Waals surface area contributed by atoms with E-state index in [4.69, 9.17) is 16.3 Å². The second-order valence-electron chi connectivity index (χ2n) is 6.04. The topological polar surface area (TPSA) is 26.3 Å². The Hall–Kier alpha value is -0.760. The number of esters is 1. The maximum absolute atomic E-state index is 11.3. The van der Waals surface area contributed by atoms with E-state index in [1.807, 2.05) is 0 Å². The Bertz CT molecular complexity index is 384. The molecule has 0 amide bonds. The van der Waals surface area contributed by atoms with Crippen molar-refractivity contribution >= 4 is 17.6 Å². The average molecular weight is 299 g/mol. The highest BCUT2D eigenvalue weighted by molar-refractivity contribution is 6.25. The van der Waals surface area contributed by atoms with Crippen LogP contribution in [0.25, 0.3) is 0 Å². The van der Waals surface area contributed by atoms with Crippen LogP contribution >= 0.6 is 11.6 Å². The van der Waals surface area contributed by atoms with Gasteiger partial charge in [-0.15, -0.1) is 0 Å². The van der Waals surface area contributed by atoms with Crippen LogP contribution in [0, 0.1) is 11.8 Å². The van der Waals surface area contributed by atoms with Crippen molar-refractivity contribution in [2.75, 3.05) is 0 Å². The normalized spacial score (nSPS) is 25.8. The fraction of sp³-hybridized carbons (Fsp3) is 0.706. The van der Waals surface area contributed by atoms with Crippen molar-refractivity contribution in [1.82, 2.24) is 0 Å². The number of hydrogen-bond acceptors (Lipinski definition) is 2. The van der Waals surface area contributed by atoms with Gasteiger partial charge in [0.1, 0.15) is 6.10 Å². The maximum Gasteiger partial charge on any atom is 0.306 e. The van der Waals surface area contributed by atoms with E-state index in [9.17, 15) is 4.79 Å². The van der Waals surface area contributed by atoms with Gasteiger partial charge in [-0.3, -0.25) is 4.79 Å². The van der Waals surface area contributed by atoms with Crippen LogP contribution in [-0.4, -0.2) is 12.1 Å². The molecule has 0 bridgehead atoms. The summed E-state index contributed by atoms with van der Waals surface area (Å²) in [7, 11) is 0. The molecule has 3 heteroatoms. The quantitative estimate of drug-likeness (QED) is 0.475. The third kappa shape index (κ3) is 5.32. The van der Waals surface area contributed by atoms with E-state index in [0.717, 1.165) is 25.7 Å².